The Morgan fingerprint density at radius 3 is 2.62 bits per heavy atom. The Hall–Kier alpha value is -0.240. The summed E-state index contributed by atoms with van der Waals surface area (Å²) in [7, 11) is 0. The lowest BCUT2D eigenvalue weighted by molar-refractivity contribution is 0.277. The average Bonchev–Trinajstić information content (AvgIpc) is 2.72. The maximum absolute atomic E-state index is 6.33. The van der Waals surface area contributed by atoms with Crippen LogP contribution in [0.1, 0.15) is 32.3 Å². The second-order valence-electron chi connectivity index (χ2n) is 4.76. The van der Waals surface area contributed by atoms with E-state index in [2.05, 4.69) is 25.2 Å². The normalized spacial score (nSPS) is 25.3. The van der Waals surface area contributed by atoms with Crippen LogP contribution in [0.5, 0.6) is 0 Å². The zero-order valence-corrected chi connectivity index (χ0v) is 11.2. The van der Waals surface area contributed by atoms with Gasteiger partial charge in [-0.15, -0.1) is 0 Å². The molecule has 0 radical (unpaired) electrons. The molecule has 1 atom stereocenters. The number of benzene rings is 1. The highest BCUT2D eigenvalue weighted by molar-refractivity contribution is 6.42. The first-order chi connectivity index (χ1) is 7.58. The van der Waals surface area contributed by atoms with E-state index in [9.17, 15) is 0 Å². The number of rotatable bonds is 2. The van der Waals surface area contributed by atoms with Gasteiger partial charge in [0.05, 0.1) is 10.0 Å². The number of nitrogens with one attached hydrogen (secondary N) is 1. The first kappa shape index (κ1) is 12.2. The van der Waals surface area contributed by atoms with Gasteiger partial charge >= 0.3 is 0 Å². The summed E-state index contributed by atoms with van der Waals surface area (Å²) in [6.07, 6.45) is 2.33. The van der Waals surface area contributed by atoms with E-state index in [4.69, 9.17) is 23.2 Å². The molecule has 1 saturated heterocycles. The fourth-order valence-corrected chi connectivity index (χ4v) is 3.12. The highest BCUT2D eigenvalue weighted by atomic mass is 35.5. The van der Waals surface area contributed by atoms with Crippen LogP contribution in [0.15, 0.2) is 18.2 Å². The summed E-state index contributed by atoms with van der Waals surface area (Å²) in [6, 6.07) is 5.91. The maximum atomic E-state index is 6.33. The van der Waals surface area contributed by atoms with Gasteiger partial charge in [-0.05, 0) is 36.9 Å². The number of hydrogen-bond acceptors (Lipinski definition) is 1. The molecule has 0 aliphatic carbocycles. The first-order valence-corrected chi connectivity index (χ1v) is 6.53. The standard InChI is InChI=1S/C13H17Cl2N/c1-9(2)13(7-4-8-16-13)10-5-3-6-11(14)12(10)15/h3,5-6,9,16H,4,7-8H2,1-2H3. The summed E-state index contributed by atoms with van der Waals surface area (Å²) in [4.78, 5) is 0. The smallest absolute Gasteiger partial charge is 0.0643 e. The van der Waals surface area contributed by atoms with Crippen LogP contribution in [0, 0.1) is 5.92 Å². The summed E-state index contributed by atoms with van der Waals surface area (Å²) >= 11 is 12.4. The van der Waals surface area contributed by atoms with Gasteiger partial charge in [-0.1, -0.05) is 49.2 Å². The Bertz CT molecular complexity index is 382. The molecule has 0 saturated carbocycles. The second-order valence-corrected chi connectivity index (χ2v) is 5.54. The third-order valence-corrected chi connectivity index (χ3v) is 4.43. The molecule has 88 valence electrons. The van der Waals surface area contributed by atoms with Crippen LogP contribution in [0.25, 0.3) is 0 Å². The van der Waals surface area contributed by atoms with Crippen molar-refractivity contribution in [1.29, 1.82) is 0 Å². The van der Waals surface area contributed by atoms with E-state index in [1.165, 1.54) is 6.42 Å². The molecule has 0 bridgehead atoms. The van der Waals surface area contributed by atoms with Crippen molar-refractivity contribution >= 4 is 23.2 Å². The fraction of sp³-hybridized carbons (Fsp3) is 0.538. The van der Waals surface area contributed by atoms with E-state index in [1.807, 2.05) is 12.1 Å². The van der Waals surface area contributed by atoms with Crippen molar-refractivity contribution in [2.75, 3.05) is 6.54 Å². The van der Waals surface area contributed by atoms with Gasteiger partial charge in [-0.2, -0.15) is 0 Å². The van der Waals surface area contributed by atoms with Crippen molar-refractivity contribution in [2.24, 2.45) is 5.92 Å². The molecule has 1 aliphatic heterocycles. The van der Waals surface area contributed by atoms with Crippen molar-refractivity contribution in [1.82, 2.24) is 5.32 Å². The molecule has 1 aromatic carbocycles. The van der Waals surface area contributed by atoms with Crippen molar-refractivity contribution < 1.29 is 0 Å². The third-order valence-electron chi connectivity index (χ3n) is 3.61. The van der Waals surface area contributed by atoms with Crippen LogP contribution < -0.4 is 5.32 Å². The zero-order valence-electron chi connectivity index (χ0n) is 9.69. The van der Waals surface area contributed by atoms with Gasteiger partial charge in [0.1, 0.15) is 0 Å². The molecule has 1 fully saturated rings. The monoisotopic (exact) mass is 257 g/mol. The topological polar surface area (TPSA) is 12.0 Å². The summed E-state index contributed by atoms with van der Waals surface area (Å²) in [5.74, 6) is 0.506. The third kappa shape index (κ3) is 1.85. The SMILES string of the molecule is CC(C)C1(c2cccc(Cl)c2Cl)CCCN1. The van der Waals surface area contributed by atoms with Crippen molar-refractivity contribution in [3.8, 4) is 0 Å². The molecule has 0 amide bonds. The van der Waals surface area contributed by atoms with Crippen LogP contribution in [0.2, 0.25) is 10.0 Å². The molecule has 1 aliphatic rings. The first-order valence-electron chi connectivity index (χ1n) is 5.77. The van der Waals surface area contributed by atoms with Crippen molar-refractivity contribution in [2.45, 2.75) is 32.2 Å². The van der Waals surface area contributed by atoms with Gasteiger partial charge in [0.2, 0.25) is 0 Å². The van der Waals surface area contributed by atoms with Crippen LogP contribution >= 0.6 is 23.2 Å². The molecular formula is C13H17Cl2N. The second kappa shape index (κ2) is 4.56. The maximum Gasteiger partial charge on any atom is 0.0643 e. The lowest BCUT2D eigenvalue weighted by atomic mass is 9.79. The Balaban J connectivity index is 2.51. The van der Waals surface area contributed by atoms with E-state index >= 15 is 0 Å². The minimum absolute atomic E-state index is 0.00197. The molecule has 1 aromatic rings. The summed E-state index contributed by atoms with van der Waals surface area (Å²) in [6.45, 7) is 5.52. The summed E-state index contributed by atoms with van der Waals surface area (Å²) < 4.78 is 0. The molecular weight excluding hydrogens is 241 g/mol. The lowest BCUT2D eigenvalue weighted by Gasteiger charge is -2.35. The van der Waals surface area contributed by atoms with Crippen LogP contribution in [-0.4, -0.2) is 6.54 Å². The van der Waals surface area contributed by atoms with Gasteiger partial charge in [0.15, 0.2) is 0 Å². The van der Waals surface area contributed by atoms with E-state index in [-0.39, 0.29) is 5.54 Å². The van der Waals surface area contributed by atoms with Crippen LogP contribution in [0.4, 0.5) is 0 Å². The fourth-order valence-electron chi connectivity index (χ4n) is 2.65. The summed E-state index contributed by atoms with van der Waals surface area (Å²) in [5, 5.41) is 4.96. The van der Waals surface area contributed by atoms with Gasteiger partial charge in [-0.25, -0.2) is 0 Å². The van der Waals surface area contributed by atoms with Gasteiger partial charge in [0.25, 0.3) is 0 Å². The Kier molecular flexibility index (Phi) is 3.48. The van der Waals surface area contributed by atoms with E-state index in [0.717, 1.165) is 18.5 Å². The lowest BCUT2D eigenvalue weighted by Crippen LogP contribution is -2.42. The molecule has 1 unspecified atom stereocenters. The highest BCUT2D eigenvalue weighted by Gasteiger charge is 2.39. The Morgan fingerprint density at radius 2 is 2.06 bits per heavy atom. The number of halogens is 2. The minimum Gasteiger partial charge on any atom is -0.307 e. The molecule has 1 N–H and O–H groups in total. The Labute approximate surface area is 107 Å². The van der Waals surface area contributed by atoms with Crippen LogP contribution in [-0.2, 0) is 5.54 Å². The van der Waals surface area contributed by atoms with E-state index in [1.54, 1.807) is 0 Å². The van der Waals surface area contributed by atoms with E-state index < -0.39 is 0 Å². The Morgan fingerprint density at radius 1 is 1.31 bits per heavy atom. The molecule has 3 heteroatoms. The molecule has 1 nitrogen and oxygen atoms in total. The predicted molar refractivity (Wildman–Crippen MR) is 70.2 cm³/mol. The number of hydrogen-bond donors (Lipinski definition) is 1. The predicted octanol–water partition coefficient (Wildman–Crippen LogP) is 4.23. The van der Waals surface area contributed by atoms with Gasteiger partial charge < -0.3 is 5.32 Å². The quantitative estimate of drug-likeness (QED) is 0.837. The highest BCUT2D eigenvalue weighted by Crippen LogP contribution is 2.42. The van der Waals surface area contributed by atoms with E-state index in [0.29, 0.717) is 16.0 Å². The summed E-state index contributed by atoms with van der Waals surface area (Å²) in [5.41, 5.74) is 1.15. The minimum atomic E-state index is 0.00197. The van der Waals surface area contributed by atoms with Gasteiger partial charge in [0, 0.05) is 5.54 Å². The molecule has 1 heterocycles. The zero-order chi connectivity index (χ0) is 11.8. The van der Waals surface area contributed by atoms with Gasteiger partial charge in [-0.3, -0.25) is 0 Å². The van der Waals surface area contributed by atoms with Crippen LogP contribution in [0.3, 0.4) is 0 Å². The molecule has 0 spiro atoms. The average molecular weight is 258 g/mol. The largest absolute Gasteiger partial charge is 0.307 e. The molecule has 2 rings (SSSR count). The molecule has 0 aromatic heterocycles. The molecule has 16 heavy (non-hydrogen) atoms. The van der Waals surface area contributed by atoms with Crippen molar-refractivity contribution in [3.63, 3.8) is 0 Å². The van der Waals surface area contributed by atoms with Crippen molar-refractivity contribution in [3.05, 3.63) is 33.8 Å².